The summed E-state index contributed by atoms with van der Waals surface area (Å²) in [6.45, 7) is 0.958. The molecule has 2 aliphatic rings. The zero-order valence-corrected chi connectivity index (χ0v) is 10.8. The average molecular weight is 249 g/mol. The Balaban J connectivity index is 1.54. The molecule has 0 amide bonds. The number of aromatic nitrogens is 1. The van der Waals surface area contributed by atoms with Gasteiger partial charge in [0.15, 0.2) is 0 Å². The molecule has 2 fully saturated rings. The zero-order valence-electron chi connectivity index (χ0n) is 10.8. The van der Waals surface area contributed by atoms with E-state index in [2.05, 4.69) is 22.2 Å². The van der Waals surface area contributed by atoms with Crippen LogP contribution < -0.4 is 5.32 Å². The Morgan fingerprint density at radius 2 is 2.06 bits per heavy atom. The van der Waals surface area contributed by atoms with Crippen LogP contribution >= 0.6 is 0 Å². The third-order valence-electron chi connectivity index (χ3n) is 4.50. The van der Waals surface area contributed by atoms with Crippen molar-refractivity contribution in [1.29, 1.82) is 0 Å². The van der Waals surface area contributed by atoms with Crippen LogP contribution in [0.25, 0.3) is 0 Å². The number of halogens is 1. The first-order valence-corrected chi connectivity index (χ1v) is 6.80. The number of anilines is 1. The van der Waals surface area contributed by atoms with Crippen LogP contribution in [0.2, 0.25) is 0 Å². The second-order valence-corrected chi connectivity index (χ2v) is 5.63. The summed E-state index contributed by atoms with van der Waals surface area (Å²) in [5.74, 6) is 1.23. The molecule has 0 radical (unpaired) electrons. The lowest BCUT2D eigenvalue weighted by Crippen LogP contribution is -2.41. The zero-order chi connectivity index (χ0) is 12.5. The van der Waals surface area contributed by atoms with Crippen molar-refractivity contribution in [2.45, 2.75) is 37.8 Å². The lowest BCUT2D eigenvalue weighted by atomic mass is 9.91. The van der Waals surface area contributed by atoms with Crippen LogP contribution in [-0.2, 0) is 0 Å². The molecule has 2 bridgehead atoms. The van der Waals surface area contributed by atoms with Gasteiger partial charge in [0.1, 0.15) is 11.6 Å². The fourth-order valence-electron chi connectivity index (χ4n) is 3.42. The number of pyridine rings is 1. The van der Waals surface area contributed by atoms with Gasteiger partial charge in [-0.2, -0.15) is 0 Å². The summed E-state index contributed by atoms with van der Waals surface area (Å²) in [5, 5.41) is 3.33. The van der Waals surface area contributed by atoms with Crippen molar-refractivity contribution in [1.82, 2.24) is 9.88 Å². The van der Waals surface area contributed by atoms with Crippen LogP contribution in [0, 0.1) is 11.7 Å². The van der Waals surface area contributed by atoms with Crippen molar-refractivity contribution in [3.63, 3.8) is 0 Å². The Labute approximate surface area is 107 Å². The van der Waals surface area contributed by atoms with E-state index in [4.69, 9.17) is 0 Å². The second-order valence-electron chi connectivity index (χ2n) is 5.63. The monoisotopic (exact) mass is 249 g/mol. The minimum atomic E-state index is -0.280. The van der Waals surface area contributed by atoms with Crippen molar-refractivity contribution in [3.8, 4) is 0 Å². The van der Waals surface area contributed by atoms with Gasteiger partial charge in [0.2, 0.25) is 0 Å². The third kappa shape index (κ3) is 2.34. The Kier molecular flexibility index (Phi) is 3.20. The molecule has 0 aliphatic carbocycles. The maximum Gasteiger partial charge on any atom is 0.141 e. The molecule has 98 valence electrons. The fourth-order valence-corrected chi connectivity index (χ4v) is 3.42. The SMILES string of the molecule is CN1C2CCC1CC(CNc1ccc(F)cn1)C2. The van der Waals surface area contributed by atoms with Crippen molar-refractivity contribution < 1.29 is 4.39 Å². The minimum absolute atomic E-state index is 0.280. The van der Waals surface area contributed by atoms with E-state index in [9.17, 15) is 4.39 Å². The average Bonchev–Trinajstić information content (AvgIpc) is 2.62. The maximum absolute atomic E-state index is 12.7. The highest BCUT2D eigenvalue weighted by atomic mass is 19.1. The smallest absolute Gasteiger partial charge is 0.141 e. The largest absolute Gasteiger partial charge is 0.370 e. The van der Waals surface area contributed by atoms with E-state index in [1.54, 1.807) is 6.07 Å². The molecule has 0 aromatic carbocycles. The van der Waals surface area contributed by atoms with Crippen molar-refractivity contribution in [2.75, 3.05) is 18.9 Å². The van der Waals surface area contributed by atoms with Gasteiger partial charge in [-0.1, -0.05) is 0 Å². The number of hydrogen-bond acceptors (Lipinski definition) is 3. The summed E-state index contributed by atoms with van der Waals surface area (Å²) in [6, 6.07) is 4.71. The molecule has 0 spiro atoms. The summed E-state index contributed by atoms with van der Waals surface area (Å²) in [7, 11) is 2.26. The molecule has 4 heteroatoms. The van der Waals surface area contributed by atoms with E-state index in [0.717, 1.165) is 30.4 Å². The third-order valence-corrected chi connectivity index (χ3v) is 4.50. The normalized spacial score (nSPS) is 31.6. The number of nitrogens with one attached hydrogen (secondary N) is 1. The molecule has 1 aromatic heterocycles. The predicted molar refractivity (Wildman–Crippen MR) is 70.0 cm³/mol. The molecule has 2 atom stereocenters. The van der Waals surface area contributed by atoms with Gasteiger partial charge >= 0.3 is 0 Å². The quantitative estimate of drug-likeness (QED) is 0.892. The molecule has 2 saturated heterocycles. The molecule has 3 nitrogen and oxygen atoms in total. The highest BCUT2D eigenvalue weighted by molar-refractivity contribution is 5.33. The molecule has 2 unspecified atom stereocenters. The molecule has 2 aliphatic heterocycles. The highest BCUT2D eigenvalue weighted by Gasteiger charge is 2.38. The summed E-state index contributed by atoms with van der Waals surface area (Å²) in [5.41, 5.74) is 0. The van der Waals surface area contributed by atoms with E-state index >= 15 is 0 Å². The molecular formula is C14H20FN3. The Hall–Kier alpha value is -1.16. The number of fused-ring (bicyclic) bond motifs is 2. The van der Waals surface area contributed by atoms with E-state index in [0.29, 0.717) is 0 Å². The molecule has 0 saturated carbocycles. The van der Waals surface area contributed by atoms with E-state index in [1.165, 1.54) is 37.9 Å². The highest BCUT2D eigenvalue weighted by Crippen LogP contribution is 2.37. The minimum Gasteiger partial charge on any atom is -0.370 e. The molecular weight excluding hydrogens is 229 g/mol. The maximum atomic E-state index is 12.7. The fraction of sp³-hybridized carbons (Fsp3) is 0.643. The van der Waals surface area contributed by atoms with Crippen molar-refractivity contribution >= 4 is 5.82 Å². The van der Waals surface area contributed by atoms with Crippen molar-refractivity contribution in [3.05, 3.63) is 24.1 Å². The summed E-state index contributed by atoms with van der Waals surface area (Å²) in [6.07, 6.45) is 6.53. The first-order chi connectivity index (χ1) is 8.72. The standard InChI is InChI=1S/C14H20FN3/c1-18-12-3-4-13(18)7-10(6-12)8-16-14-5-2-11(15)9-17-14/h2,5,9-10,12-13H,3-4,6-8H2,1H3,(H,16,17). The lowest BCUT2D eigenvalue weighted by molar-refractivity contribution is 0.139. The number of piperidine rings is 1. The van der Waals surface area contributed by atoms with E-state index in [1.807, 2.05) is 0 Å². The molecule has 1 N–H and O–H groups in total. The molecule has 18 heavy (non-hydrogen) atoms. The molecule has 1 aromatic rings. The van der Waals surface area contributed by atoms with Crippen LogP contribution in [0.3, 0.4) is 0 Å². The van der Waals surface area contributed by atoms with Crippen LogP contribution in [-0.4, -0.2) is 35.6 Å². The van der Waals surface area contributed by atoms with Crippen LogP contribution in [0.4, 0.5) is 10.2 Å². The number of hydrogen-bond donors (Lipinski definition) is 1. The summed E-state index contributed by atoms with van der Waals surface area (Å²) in [4.78, 5) is 6.58. The Bertz CT molecular complexity index is 392. The van der Waals surface area contributed by atoms with Crippen LogP contribution in [0.1, 0.15) is 25.7 Å². The van der Waals surface area contributed by atoms with Gasteiger partial charge in [0.25, 0.3) is 0 Å². The van der Waals surface area contributed by atoms with Crippen LogP contribution in [0.5, 0.6) is 0 Å². The molecule has 3 rings (SSSR count). The number of rotatable bonds is 3. The van der Waals surface area contributed by atoms with E-state index < -0.39 is 0 Å². The topological polar surface area (TPSA) is 28.2 Å². The van der Waals surface area contributed by atoms with Crippen molar-refractivity contribution in [2.24, 2.45) is 5.92 Å². The van der Waals surface area contributed by atoms with Gasteiger partial charge in [-0.25, -0.2) is 9.37 Å². The van der Waals surface area contributed by atoms with E-state index in [-0.39, 0.29) is 5.82 Å². The summed E-state index contributed by atoms with van der Waals surface area (Å²) < 4.78 is 12.7. The first kappa shape index (κ1) is 11.9. The van der Waals surface area contributed by atoms with Gasteiger partial charge in [0.05, 0.1) is 6.20 Å². The Morgan fingerprint density at radius 3 is 2.67 bits per heavy atom. The predicted octanol–water partition coefficient (Wildman–Crippen LogP) is 2.51. The van der Waals surface area contributed by atoms with Crippen LogP contribution in [0.15, 0.2) is 18.3 Å². The second kappa shape index (κ2) is 4.84. The summed E-state index contributed by atoms with van der Waals surface area (Å²) >= 11 is 0. The van der Waals surface area contributed by atoms with Gasteiger partial charge in [-0.15, -0.1) is 0 Å². The first-order valence-electron chi connectivity index (χ1n) is 6.80. The molecule has 3 heterocycles. The van der Waals surface area contributed by atoms with Gasteiger partial charge in [0, 0.05) is 18.6 Å². The van der Waals surface area contributed by atoms with Gasteiger partial charge in [-0.3, -0.25) is 0 Å². The number of nitrogens with zero attached hydrogens (tertiary/aromatic N) is 2. The van der Waals surface area contributed by atoms with Gasteiger partial charge < -0.3 is 10.2 Å². The van der Waals surface area contributed by atoms with Gasteiger partial charge in [-0.05, 0) is 50.8 Å². The lowest BCUT2D eigenvalue weighted by Gasteiger charge is -2.36. The Morgan fingerprint density at radius 1 is 1.33 bits per heavy atom.